The topological polar surface area (TPSA) is 46.6 Å². The van der Waals surface area contributed by atoms with Crippen molar-refractivity contribution in [2.24, 2.45) is 5.92 Å². The Balaban J connectivity index is 2.05. The van der Waals surface area contributed by atoms with Gasteiger partial charge in [-0.2, -0.15) is 0 Å². The summed E-state index contributed by atoms with van der Waals surface area (Å²) in [6, 6.07) is 6.93. The van der Waals surface area contributed by atoms with Gasteiger partial charge in [-0.1, -0.05) is 0 Å². The molecule has 1 aromatic rings. The third kappa shape index (κ3) is 2.08. The van der Waals surface area contributed by atoms with Gasteiger partial charge in [-0.25, -0.2) is 4.39 Å². The predicted octanol–water partition coefficient (Wildman–Crippen LogP) is 1.59. The van der Waals surface area contributed by atoms with Gasteiger partial charge in [0.2, 0.25) is 5.91 Å². The summed E-state index contributed by atoms with van der Waals surface area (Å²) in [5, 5.41) is 0. The van der Waals surface area contributed by atoms with Crippen LogP contribution in [0.1, 0.15) is 6.92 Å². The maximum absolute atomic E-state index is 12.8. The van der Waals surface area contributed by atoms with Crippen LogP contribution >= 0.6 is 0 Å². The molecule has 1 amide bonds. The Bertz CT molecular complexity index is 470. The number of carbonyl (C=O) groups excluding carboxylic acids is 2. The number of β-lactam (4-membered cyclic amide) rings is 1. The second-order valence-corrected chi connectivity index (χ2v) is 4.22. The molecule has 18 heavy (non-hydrogen) atoms. The van der Waals surface area contributed by atoms with E-state index in [-0.39, 0.29) is 12.5 Å². The van der Waals surface area contributed by atoms with Crippen molar-refractivity contribution in [1.82, 2.24) is 0 Å². The Morgan fingerprint density at radius 3 is 2.50 bits per heavy atom. The summed E-state index contributed by atoms with van der Waals surface area (Å²) in [5.41, 5.74) is 0.691. The number of carbonyl (C=O) groups is 2. The van der Waals surface area contributed by atoms with Gasteiger partial charge in [-0.15, -0.1) is 0 Å². The highest BCUT2D eigenvalue weighted by Gasteiger charge is 2.44. The molecular weight excluding hydrogens is 237 g/mol. The van der Waals surface area contributed by atoms with Crippen LogP contribution in [0.15, 0.2) is 24.3 Å². The van der Waals surface area contributed by atoms with Crippen LogP contribution in [0.25, 0.3) is 0 Å². The zero-order chi connectivity index (χ0) is 13.3. The lowest BCUT2D eigenvalue weighted by Gasteiger charge is -2.37. The summed E-state index contributed by atoms with van der Waals surface area (Å²) in [6.45, 7) is 1.41. The first-order valence-electron chi connectivity index (χ1n) is 5.68. The SMILES string of the molecule is COc1ccc(N2CC(C(=O)[C@@H](C)F)C2=O)cc1. The molecule has 0 saturated carbocycles. The highest BCUT2D eigenvalue weighted by molar-refractivity contribution is 6.15. The number of nitrogens with zero attached hydrogens (tertiary/aromatic N) is 1. The first kappa shape index (κ1) is 12.5. The summed E-state index contributed by atoms with van der Waals surface area (Å²) in [5.74, 6) is -1.11. The first-order chi connectivity index (χ1) is 8.54. The minimum atomic E-state index is -1.59. The van der Waals surface area contributed by atoms with Crippen molar-refractivity contribution in [3.05, 3.63) is 24.3 Å². The normalized spacial score (nSPS) is 20.3. The predicted molar refractivity (Wildman–Crippen MR) is 64.4 cm³/mol. The van der Waals surface area contributed by atoms with Crippen LogP contribution in [0.2, 0.25) is 0 Å². The number of rotatable bonds is 4. The quantitative estimate of drug-likeness (QED) is 0.603. The van der Waals surface area contributed by atoms with Crippen molar-refractivity contribution in [3.8, 4) is 5.75 Å². The van der Waals surface area contributed by atoms with E-state index < -0.39 is 17.9 Å². The average Bonchev–Trinajstić information content (AvgIpc) is 2.37. The minimum Gasteiger partial charge on any atom is -0.497 e. The summed E-state index contributed by atoms with van der Waals surface area (Å²) in [6.07, 6.45) is -1.59. The van der Waals surface area contributed by atoms with Crippen molar-refractivity contribution in [2.75, 3.05) is 18.6 Å². The molecule has 1 saturated heterocycles. The number of anilines is 1. The van der Waals surface area contributed by atoms with Crippen molar-refractivity contribution in [2.45, 2.75) is 13.1 Å². The molecule has 1 fully saturated rings. The molecule has 0 bridgehead atoms. The van der Waals surface area contributed by atoms with Gasteiger partial charge in [0.1, 0.15) is 11.7 Å². The summed E-state index contributed by atoms with van der Waals surface area (Å²) < 4.78 is 17.8. The summed E-state index contributed by atoms with van der Waals surface area (Å²) >= 11 is 0. The number of Topliss-reactive ketones (excluding diaryl/α,β-unsaturated/α-hetero) is 1. The zero-order valence-corrected chi connectivity index (χ0v) is 10.2. The van der Waals surface area contributed by atoms with E-state index >= 15 is 0 Å². The molecule has 96 valence electrons. The molecule has 1 aromatic carbocycles. The van der Waals surface area contributed by atoms with E-state index in [2.05, 4.69) is 0 Å². The van der Waals surface area contributed by atoms with Gasteiger partial charge in [-0.05, 0) is 31.2 Å². The number of hydrogen-bond donors (Lipinski definition) is 0. The van der Waals surface area contributed by atoms with Crippen LogP contribution in [-0.2, 0) is 9.59 Å². The number of amides is 1. The van der Waals surface area contributed by atoms with E-state index in [1.807, 2.05) is 0 Å². The highest BCUT2D eigenvalue weighted by Crippen LogP contribution is 2.29. The largest absolute Gasteiger partial charge is 0.497 e. The lowest BCUT2D eigenvalue weighted by molar-refractivity contribution is -0.139. The van der Waals surface area contributed by atoms with Gasteiger partial charge in [0.15, 0.2) is 12.0 Å². The Morgan fingerprint density at radius 1 is 1.44 bits per heavy atom. The third-order valence-corrected chi connectivity index (χ3v) is 3.05. The number of ether oxygens (including phenoxy) is 1. The number of methoxy groups -OCH3 is 1. The van der Waals surface area contributed by atoms with E-state index in [9.17, 15) is 14.0 Å². The van der Waals surface area contributed by atoms with Gasteiger partial charge in [0, 0.05) is 12.2 Å². The molecule has 2 rings (SSSR count). The fourth-order valence-corrected chi connectivity index (χ4v) is 1.91. The third-order valence-electron chi connectivity index (χ3n) is 3.05. The molecule has 1 aliphatic rings. The molecule has 0 aliphatic carbocycles. The molecule has 0 aromatic heterocycles. The smallest absolute Gasteiger partial charge is 0.239 e. The molecule has 1 heterocycles. The van der Waals surface area contributed by atoms with Crippen LogP contribution in [0.3, 0.4) is 0 Å². The second-order valence-electron chi connectivity index (χ2n) is 4.22. The molecule has 0 spiro atoms. The standard InChI is InChI=1S/C13H14FNO3/c1-8(14)12(16)11-7-15(13(11)17)9-3-5-10(18-2)6-4-9/h3-6,8,11H,7H2,1-2H3/t8-,11?/m1/s1. The first-order valence-corrected chi connectivity index (χ1v) is 5.68. The van der Waals surface area contributed by atoms with Crippen molar-refractivity contribution in [1.29, 1.82) is 0 Å². The maximum atomic E-state index is 12.8. The van der Waals surface area contributed by atoms with Crippen molar-refractivity contribution >= 4 is 17.4 Å². The van der Waals surface area contributed by atoms with E-state index in [1.165, 1.54) is 4.90 Å². The monoisotopic (exact) mass is 251 g/mol. The second kappa shape index (κ2) is 4.76. The number of alkyl halides is 1. The lowest BCUT2D eigenvalue weighted by atomic mass is 9.91. The van der Waals surface area contributed by atoms with Crippen LogP contribution in [0.4, 0.5) is 10.1 Å². The minimum absolute atomic E-state index is 0.248. The van der Waals surface area contributed by atoms with E-state index in [0.717, 1.165) is 6.92 Å². The molecule has 0 N–H and O–H groups in total. The Kier molecular flexibility index (Phi) is 3.32. The molecule has 5 heteroatoms. The fraction of sp³-hybridized carbons (Fsp3) is 0.385. The number of hydrogen-bond acceptors (Lipinski definition) is 3. The van der Waals surface area contributed by atoms with Crippen LogP contribution in [0.5, 0.6) is 5.75 Å². The maximum Gasteiger partial charge on any atom is 0.239 e. The van der Waals surface area contributed by atoms with Crippen LogP contribution in [0, 0.1) is 5.92 Å². The molecule has 4 nitrogen and oxygen atoms in total. The zero-order valence-electron chi connectivity index (χ0n) is 10.2. The van der Waals surface area contributed by atoms with Gasteiger partial charge in [0.05, 0.1) is 7.11 Å². The van der Waals surface area contributed by atoms with Gasteiger partial charge < -0.3 is 9.64 Å². The molecule has 0 radical (unpaired) electrons. The highest BCUT2D eigenvalue weighted by atomic mass is 19.1. The van der Waals surface area contributed by atoms with Crippen LogP contribution in [-0.4, -0.2) is 31.5 Å². The summed E-state index contributed by atoms with van der Waals surface area (Å²) in [4.78, 5) is 24.6. The number of ketones is 1. The average molecular weight is 251 g/mol. The fourth-order valence-electron chi connectivity index (χ4n) is 1.91. The van der Waals surface area contributed by atoms with Crippen molar-refractivity contribution in [3.63, 3.8) is 0 Å². The lowest BCUT2D eigenvalue weighted by Crippen LogP contribution is -2.57. The molecular formula is C13H14FNO3. The number of halogens is 1. The molecule has 2 atom stereocenters. The Morgan fingerprint density at radius 2 is 2.06 bits per heavy atom. The Labute approximate surface area is 104 Å². The molecule has 1 unspecified atom stereocenters. The van der Waals surface area contributed by atoms with Gasteiger partial charge >= 0.3 is 0 Å². The van der Waals surface area contributed by atoms with E-state index in [0.29, 0.717) is 11.4 Å². The van der Waals surface area contributed by atoms with Crippen molar-refractivity contribution < 1.29 is 18.7 Å². The molecule has 1 aliphatic heterocycles. The van der Waals surface area contributed by atoms with Gasteiger partial charge in [-0.3, -0.25) is 9.59 Å². The van der Waals surface area contributed by atoms with Crippen LogP contribution < -0.4 is 9.64 Å². The summed E-state index contributed by atoms with van der Waals surface area (Å²) in [7, 11) is 1.56. The Hall–Kier alpha value is -1.91. The van der Waals surface area contributed by atoms with E-state index in [1.54, 1.807) is 31.4 Å². The number of benzene rings is 1. The van der Waals surface area contributed by atoms with Gasteiger partial charge in [0.25, 0.3) is 0 Å². The van der Waals surface area contributed by atoms with E-state index in [4.69, 9.17) is 4.74 Å².